The zero-order valence-electron chi connectivity index (χ0n) is 11.5. The van der Waals surface area contributed by atoms with E-state index >= 15 is 0 Å². The van der Waals surface area contributed by atoms with Gasteiger partial charge in [0.1, 0.15) is 11.5 Å². The van der Waals surface area contributed by atoms with Crippen LogP contribution in [0.15, 0.2) is 27.8 Å². The number of thioether (sulfide) groups is 1. The molecule has 1 aromatic carbocycles. The number of rotatable bonds is 7. The average molecular weight is 360 g/mol. The number of halogens is 1. The molecule has 0 atom stereocenters. The number of benzene rings is 1. The summed E-state index contributed by atoms with van der Waals surface area (Å²) in [4.78, 5) is 11.9. The van der Waals surface area contributed by atoms with E-state index in [2.05, 4.69) is 26.3 Å². The zero-order chi connectivity index (χ0) is 15.0. The molecule has 0 aliphatic carbocycles. The second-order valence-electron chi connectivity index (χ2n) is 3.97. The van der Waals surface area contributed by atoms with E-state index in [1.165, 1.54) is 0 Å². The van der Waals surface area contributed by atoms with Crippen LogP contribution in [0.25, 0.3) is 0 Å². The molecule has 1 rings (SSSR count). The maximum atomic E-state index is 11.9. The standard InChI is InChI=1S/C13H18BrN3O2S/c1-19-12-4-3-9(7-10(12)14)8-11(17-15)13(18)16-5-6-20-2/h3-4,7H,5-6,8,15H2,1-2H3,(H,16,18)/b17-11+. The number of hydrazone groups is 1. The van der Waals surface area contributed by atoms with Gasteiger partial charge in [-0.25, -0.2) is 0 Å². The Balaban J connectivity index is 2.69. The molecule has 0 saturated carbocycles. The number of methoxy groups -OCH3 is 1. The van der Waals surface area contributed by atoms with Gasteiger partial charge in [-0.05, 0) is 39.9 Å². The molecular formula is C13H18BrN3O2S. The Hall–Kier alpha value is -1.21. The zero-order valence-corrected chi connectivity index (χ0v) is 13.9. The van der Waals surface area contributed by atoms with Crippen LogP contribution in [0.5, 0.6) is 5.75 Å². The normalized spacial score (nSPS) is 11.2. The third-order valence-corrected chi connectivity index (χ3v) is 3.83. The van der Waals surface area contributed by atoms with Gasteiger partial charge >= 0.3 is 0 Å². The molecule has 0 aromatic heterocycles. The lowest BCUT2D eigenvalue weighted by atomic mass is 10.1. The van der Waals surface area contributed by atoms with Crippen molar-refractivity contribution < 1.29 is 9.53 Å². The summed E-state index contributed by atoms with van der Waals surface area (Å²) >= 11 is 5.08. The van der Waals surface area contributed by atoms with E-state index in [1.807, 2.05) is 24.5 Å². The van der Waals surface area contributed by atoms with E-state index in [9.17, 15) is 4.79 Å². The number of hydrogen-bond acceptors (Lipinski definition) is 5. The summed E-state index contributed by atoms with van der Waals surface area (Å²) in [7, 11) is 1.60. The van der Waals surface area contributed by atoms with Crippen LogP contribution < -0.4 is 15.9 Å². The van der Waals surface area contributed by atoms with Crippen LogP contribution in [0.2, 0.25) is 0 Å². The predicted molar refractivity (Wildman–Crippen MR) is 87.4 cm³/mol. The van der Waals surface area contributed by atoms with Crippen LogP contribution in [0.1, 0.15) is 5.56 Å². The Bertz CT molecular complexity index is 495. The van der Waals surface area contributed by atoms with Crippen LogP contribution in [0.3, 0.4) is 0 Å². The molecule has 0 saturated heterocycles. The fraction of sp³-hybridized carbons (Fsp3) is 0.385. The Morgan fingerprint density at radius 2 is 2.30 bits per heavy atom. The number of nitrogens with zero attached hydrogens (tertiary/aromatic N) is 1. The monoisotopic (exact) mass is 359 g/mol. The van der Waals surface area contributed by atoms with Gasteiger partial charge in [0, 0.05) is 18.7 Å². The second-order valence-corrected chi connectivity index (χ2v) is 5.81. The van der Waals surface area contributed by atoms with Gasteiger partial charge in [-0.1, -0.05) is 6.07 Å². The lowest BCUT2D eigenvalue weighted by Gasteiger charge is -2.08. The fourth-order valence-electron chi connectivity index (χ4n) is 1.57. The number of amides is 1. The van der Waals surface area contributed by atoms with Gasteiger partial charge in [0.15, 0.2) is 0 Å². The summed E-state index contributed by atoms with van der Waals surface area (Å²) in [6.45, 7) is 0.603. The van der Waals surface area contributed by atoms with Crippen molar-refractivity contribution in [1.29, 1.82) is 0 Å². The molecule has 20 heavy (non-hydrogen) atoms. The Kier molecular flexibility index (Phi) is 7.46. The highest BCUT2D eigenvalue weighted by Crippen LogP contribution is 2.25. The number of carbonyl (C=O) groups is 1. The molecule has 3 N–H and O–H groups in total. The molecular weight excluding hydrogens is 342 g/mol. The summed E-state index contributed by atoms with van der Waals surface area (Å²) < 4.78 is 5.99. The number of nitrogens with one attached hydrogen (secondary N) is 1. The van der Waals surface area contributed by atoms with E-state index in [1.54, 1.807) is 18.9 Å². The quantitative estimate of drug-likeness (QED) is 0.336. The molecule has 0 heterocycles. The highest BCUT2D eigenvalue weighted by molar-refractivity contribution is 9.10. The Morgan fingerprint density at radius 1 is 1.55 bits per heavy atom. The maximum absolute atomic E-state index is 11.9. The number of nitrogens with two attached hydrogens (primary N) is 1. The van der Waals surface area contributed by atoms with E-state index in [0.717, 1.165) is 21.5 Å². The van der Waals surface area contributed by atoms with Crippen molar-refractivity contribution in [2.45, 2.75) is 6.42 Å². The van der Waals surface area contributed by atoms with Crippen molar-refractivity contribution in [3.8, 4) is 5.75 Å². The van der Waals surface area contributed by atoms with Crippen molar-refractivity contribution in [2.75, 3.05) is 25.7 Å². The summed E-state index contributed by atoms with van der Waals surface area (Å²) in [5, 5.41) is 6.37. The smallest absolute Gasteiger partial charge is 0.267 e. The van der Waals surface area contributed by atoms with E-state index in [0.29, 0.717) is 18.7 Å². The van der Waals surface area contributed by atoms with Crippen molar-refractivity contribution in [1.82, 2.24) is 5.32 Å². The van der Waals surface area contributed by atoms with Crippen molar-refractivity contribution in [2.24, 2.45) is 10.9 Å². The third-order valence-electron chi connectivity index (χ3n) is 2.60. The van der Waals surface area contributed by atoms with Gasteiger partial charge in [-0.3, -0.25) is 4.79 Å². The van der Waals surface area contributed by atoms with Crippen LogP contribution in [-0.2, 0) is 11.2 Å². The minimum absolute atomic E-state index is 0.228. The first-order valence-corrected chi connectivity index (χ1v) is 8.17. The summed E-state index contributed by atoms with van der Waals surface area (Å²) in [6.07, 6.45) is 2.36. The van der Waals surface area contributed by atoms with Gasteiger partial charge in [-0.2, -0.15) is 16.9 Å². The Morgan fingerprint density at radius 3 is 2.85 bits per heavy atom. The van der Waals surface area contributed by atoms with E-state index < -0.39 is 0 Å². The topological polar surface area (TPSA) is 76.7 Å². The predicted octanol–water partition coefficient (Wildman–Crippen LogP) is 1.79. The second kappa shape index (κ2) is 8.86. The molecule has 7 heteroatoms. The summed E-state index contributed by atoms with van der Waals surface area (Å²) in [5.74, 6) is 6.68. The minimum atomic E-state index is -0.228. The molecule has 0 spiro atoms. The first-order chi connectivity index (χ1) is 9.62. The van der Waals surface area contributed by atoms with Crippen molar-refractivity contribution in [3.63, 3.8) is 0 Å². The fourth-order valence-corrected chi connectivity index (χ4v) is 2.46. The molecule has 110 valence electrons. The van der Waals surface area contributed by atoms with Crippen molar-refractivity contribution >= 4 is 39.3 Å². The minimum Gasteiger partial charge on any atom is -0.496 e. The molecule has 1 amide bonds. The summed E-state index contributed by atoms with van der Waals surface area (Å²) in [5.41, 5.74) is 1.24. The van der Waals surface area contributed by atoms with Gasteiger partial charge in [0.2, 0.25) is 0 Å². The molecule has 0 unspecified atom stereocenters. The van der Waals surface area contributed by atoms with Gasteiger partial charge < -0.3 is 15.9 Å². The molecule has 0 aliphatic rings. The van der Waals surface area contributed by atoms with E-state index in [4.69, 9.17) is 10.6 Å². The van der Waals surface area contributed by atoms with Gasteiger partial charge in [-0.15, -0.1) is 0 Å². The molecule has 0 radical (unpaired) electrons. The molecule has 1 aromatic rings. The highest BCUT2D eigenvalue weighted by Gasteiger charge is 2.12. The average Bonchev–Trinajstić information content (AvgIpc) is 2.45. The van der Waals surface area contributed by atoms with Crippen LogP contribution >= 0.6 is 27.7 Å². The number of carbonyl (C=O) groups excluding carboxylic acids is 1. The van der Waals surface area contributed by atoms with Crippen molar-refractivity contribution in [3.05, 3.63) is 28.2 Å². The maximum Gasteiger partial charge on any atom is 0.267 e. The molecule has 0 fully saturated rings. The SMILES string of the molecule is COc1ccc(C/C(=N\N)C(=O)NCCSC)cc1Br. The third kappa shape index (κ3) is 5.05. The van der Waals surface area contributed by atoms with E-state index in [-0.39, 0.29) is 5.91 Å². The van der Waals surface area contributed by atoms with Crippen LogP contribution in [-0.4, -0.2) is 37.3 Å². The first-order valence-electron chi connectivity index (χ1n) is 5.98. The highest BCUT2D eigenvalue weighted by atomic mass is 79.9. The van der Waals surface area contributed by atoms with Gasteiger partial charge in [0.25, 0.3) is 5.91 Å². The molecule has 0 bridgehead atoms. The summed E-state index contributed by atoms with van der Waals surface area (Å²) in [6, 6.07) is 5.60. The number of hydrogen-bond donors (Lipinski definition) is 2. The number of ether oxygens (including phenoxy) is 1. The Labute approximate surface area is 131 Å². The largest absolute Gasteiger partial charge is 0.496 e. The lowest BCUT2D eigenvalue weighted by molar-refractivity contribution is -0.114. The lowest BCUT2D eigenvalue weighted by Crippen LogP contribution is -2.34. The van der Waals surface area contributed by atoms with Crippen LogP contribution in [0, 0.1) is 0 Å². The molecule has 0 aliphatic heterocycles. The van der Waals surface area contributed by atoms with Gasteiger partial charge in [0.05, 0.1) is 11.6 Å². The first kappa shape index (κ1) is 16.8. The van der Waals surface area contributed by atoms with Crippen LogP contribution in [0.4, 0.5) is 0 Å². The molecule has 5 nitrogen and oxygen atoms in total.